The van der Waals surface area contributed by atoms with Crippen molar-refractivity contribution >= 4 is 31.6 Å². The topological polar surface area (TPSA) is 46.0 Å². The molecular weight excluding hydrogens is 281 g/mol. The van der Waals surface area contributed by atoms with Crippen LogP contribution < -0.4 is 5.32 Å². The number of anilines is 1. The summed E-state index contributed by atoms with van der Waals surface area (Å²) in [4.78, 5) is 0. The first-order valence-electron chi connectivity index (χ1n) is 5.69. The minimum absolute atomic E-state index is 0.0225. The molecule has 2 rings (SSSR count). The quantitative estimate of drug-likeness (QED) is 0.862. The number of methoxy groups -OCH3 is 1. The van der Waals surface area contributed by atoms with Gasteiger partial charge in [0.25, 0.3) is 0 Å². The number of nitrogens with one attached hydrogen (secondary N) is 1. The molecule has 4 nitrogen and oxygen atoms in total. The zero-order chi connectivity index (χ0) is 12.3. The molecule has 0 amide bonds. The van der Waals surface area contributed by atoms with Crippen LogP contribution in [0, 0.1) is 5.92 Å². The number of ether oxygens (including phenoxy) is 1. The van der Waals surface area contributed by atoms with E-state index in [4.69, 9.17) is 4.74 Å². The summed E-state index contributed by atoms with van der Waals surface area (Å²) in [5, 5.41) is 3.51. The van der Waals surface area contributed by atoms with Crippen LogP contribution in [0.2, 0.25) is 0 Å². The third kappa shape index (κ3) is 2.86. The minimum atomic E-state index is 0.0225. The molecule has 1 aromatic rings. The molecule has 92 valence electrons. The van der Waals surface area contributed by atoms with Crippen molar-refractivity contribution in [1.29, 1.82) is 0 Å². The molecule has 1 N–H and O–H groups in total. The van der Waals surface area contributed by atoms with Gasteiger partial charge < -0.3 is 0 Å². The summed E-state index contributed by atoms with van der Waals surface area (Å²) in [5.74, 6) is 0.509. The molecule has 0 spiro atoms. The van der Waals surface area contributed by atoms with Crippen molar-refractivity contribution in [2.75, 3.05) is 19.0 Å². The summed E-state index contributed by atoms with van der Waals surface area (Å²) in [6, 6.07) is 6.39. The van der Waals surface area contributed by atoms with Crippen molar-refractivity contribution in [2.24, 2.45) is 13.8 Å². The number of benzene rings is 1. The van der Waals surface area contributed by atoms with E-state index in [9.17, 15) is 0 Å². The molecule has 0 saturated heterocycles. The van der Waals surface area contributed by atoms with Crippen LogP contribution in [-0.4, -0.2) is 34.3 Å². The van der Waals surface area contributed by atoms with Gasteiger partial charge in [0.1, 0.15) is 0 Å². The van der Waals surface area contributed by atoms with E-state index < -0.39 is 0 Å². The SMILES string of the molecule is COCC(Nc1cccc2c1N=[Se]=N2)C(C)C. The Kier molecular flexibility index (Phi) is 4.15. The fourth-order valence-corrected chi connectivity index (χ4v) is 2.86. The maximum atomic E-state index is 5.24. The summed E-state index contributed by atoms with van der Waals surface area (Å²) in [7, 11) is 1.73. The zero-order valence-corrected chi connectivity index (χ0v) is 12.0. The first-order chi connectivity index (χ1) is 8.22. The van der Waals surface area contributed by atoms with Gasteiger partial charge in [-0.3, -0.25) is 0 Å². The second-order valence-electron chi connectivity index (χ2n) is 4.39. The van der Waals surface area contributed by atoms with Gasteiger partial charge in [-0.05, 0) is 0 Å². The fraction of sp³-hybridized carbons (Fsp3) is 0.500. The van der Waals surface area contributed by atoms with Crippen LogP contribution >= 0.6 is 0 Å². The molecule has 0 saturated carbocycles. The molecule has 1 aliphatic heterocycles. The normalized spacial score (nSPS) is 14.6. The zero-order valence-electron chi connectivity index (χ0n) is 10.3. The number of hydrogen-bond donors (Lipinski definition) is 1. The van der Waals surface area contributed by atoms with Gasteiger partial charge in [-0.25, -0.2) is 0 Å². The second kappa shape index (κ2) is 5.63. The van der Waals surface area contributed by atoms with E-state index in [0.717, 1.165) is 17.1 Å². The molecule has 0 bridgehead atoms. The number of fused-ring (bicyclic) bond motifs is 1. The van der Waals surface area contributed by atoms with E-state index in [1.807, 2.05) is 12.1 Å². The van der Waals surface area contributed by atoms with Crippen LogP contribution in [-0.2, 0) is 4.74 Å². The van der Waals surface area contributed by atoms with Crippen LogP contribution in [0.5, 0.6) is 0 Å². The van der Waals surface area contributed by atoms with E-state index >= 15 is 0 Å². The molecular formula is C12H17N3OSe. The van der Waals surface area contributed by atoms with Crippen molar-refractivity contribution in [3.63, 3.8) is 0 Å². The van der Waals surface area contributed by atoms with E-state index in [1.54, 1.807) is 7.11 Å². The third-order valence-corrected chi connectivity index (χ3v) is 3.92. The molecule has 1 aromatic carbocycles. The van der Waals surface area contributed by atoms with Crippen molar-refractivity contribution in [3.05, 3.63) is 18.2 Å². The third-order valence-electron chi connectivity index (χ3n) is 2.78. The van der Waals surface area contributed by atoms with Crippen molar-refractivity contribution in [3.8, 4) is 0 Å². The van der Waals surface area contributed by atoms with Crippen LogP contribution in [0.4, 0.5) is 17.1 Å². The monoisotopic (exact) mass is 299 g/mol. The summed E-state index contributed by atoms with van der Waals surface area (Å²) < 4.78 is 14.1. The first kappa shape index (κ1) is 12.6. The Balaban J connectivity index is 2.18. The van der Waals surface area contributed by atoms with E-state index in [-0.39, 0.29) is 14.6 Å². The fourth-order valence-electron chi connectivity index (χ4n) is 1.70. The Morgan fingerprint density at radius 2 is 2.18 bits per heavy atom. The Labute approximate surface area is 108 Å². The van der Waals surface area contributed by atoms with Crippen LogP contribution in [0.15, 0.2) is 26.1 Å². The average Bonchev–Trinajstić information content (AvgIpc) is 2.77. The van der Waals surface area contributed by atoms with Gasteiger partial charge >= 0.3 is 107 Å². The number of hydrogen-bond acceptors (Lipinski definition) is 4. The van der Waals surface area contributed by atoms with Gasteiger partial charge in [-0.15, -0.1) is 0 Å². The van der Waals surface area contributed by atoms with Crippen LogP contribution in [0.25, 0.3) is 0 Å². The first-order valence-corrected chi connectivity index (χ1v) is 7.22. The molecule has 1 unspecified atom stereocenters. The van der Waals surface area contributed by atoms with Crippen LogP contribution in [0.1, 0.15) is 13.8 Å². The van der Waals surface area contributed by atoms with Gasteiger partial charge in [0.15, 0.2) is 0 Å². The summed E-state index contributed by atoms with van der Waals surface area (Å²) in [6.45, 7) is 5.07. The van der Waals surface area contributed by atoms with Crippen molar-refractivity contribution in [1.82, 2.24) is 0 Å². The standard InChI is InChI=1S/C12H17N3OSe/c1-8(2)11(7-16-3)13-9-5-4-6-10-12(9)15-17-14-10/h4-6,8,11,13H,7H2,1-3H3. The molecule has 0 aliphatic carbocycles. The van der Waals surface area contributed by atoms with Gasteiger partial charge in [-0.2, -0.15) is 0 Å². The Morgan fingerprint density at radius 3 is 2.88 bits per heavy atom. The van der Waals surface area contributed by atoms with Crippen molar-refractivity contribution < 1.29 is 4.74 Å². The Morgan fingerprint density at radius 1 is 1.35 bits per heavy atom. The Bertz CT molecular complexity index is 467. The Hall–Kier alpha value is -0.901. The summed E-state index contributed by atoms with van der Waals surface area (Å²) in [5.41, 5.74) is 3.09. The maximum absolute atomic E-state index is 5.24. The molecule has 5 heteroatoms. The molecule has 0 radical (unpaired) electrons. The molecule has 17 heavy (non-hydrogen) atoms. The average molecular weight is 298 g/mol. The molecule has 0 fully saturated rings. The van der Waals surface area contributed by atoms with Crippen molar-refractivity contribution in [2.45, 2.75) is 19.9 Å². The van der Waals surface area contributed by atoms with Gasteiger partial charge in [0, 0.05) is 0 Å². The van der Waals surface area contributed by atoms with Crippen LogP contribution in [0.3, 0.4) is 0 Å². The van der Waals surface area contributed by atoms with E-state index in [1.165, 1.54) is 0 Å². The second-order valence-corrected chi connectivity index (χ2v) is 5.50. The predicted molar refractivity (Wildman–Crippen MR) is 70.5 cm³/mol. The van der Waals surface area contributed by atoms with Gasteiger partial charge in [0.2, 0.25) is 0 Å². The number of rotatable bonds is 5. The van der Waals surface area contributed by atoms with Gasteiger partial charge in [-0.1, -0.05) is 0 Å². The molecule has 1 heterocycles. The molecule has 0 aromatic heterocycles. The van der Waals surface area contributed by atoms with Gasteiger partial charge in [0.05, 0.1) is 0 Å². The number of nitrogens with zero attached hydrogens (tertiary/aromatic N) is 2. The summed E-state index contributed by atoms with van der Waals surface area (Å²) in [6.07, 6.45) is 0. The predicted octanol–water partition coefficient (Wildman–Crippen LogP) is 3.12. The molecule has 1 atom stereocenters. The van der Waals surface area contributed by atoms with E-state index in [2.05, 4.69) is 33.2 Å². The molecule has 1 aliphatic rings. The summed E-state index contributed by atoms with van der Waals surface area (Å²) >= 11 is 0.0225. The van der Waals surface area contributed by atoms with E-state index in [0.29, 0.717) is 18.6 Å².